The third-order valence-electron chi connectivity index (χ3n) is 3.14. The number of nitrogens with one attached hydrogen (secondary N) is 1. The van der Waals surface area contributed by atoms with Crippen molar-refractivity contribution in [2.45, 2.75) is 18.7 Å². The van der Waals surface area contributed by atoms with Gasteiger partial charge in [0.2, 0.25) is 5.91 Å². The number of hydrogen-bond donors (Lipinski definition) is 1. The van der Waals surface area contributed by atoms with E-state index in [1.165, 1.54) is 12.1 Å². The molecular weight excluding hydrogens is 366 g/mol. The van der Waals surface area contributed by atoms with E-state index in [1.54, 1.807) is 12.1 Å². The average molecular weight is 382 g/mol. The van der Waals surface area contributed by atoms with E-state index in [-0.39, 0.29) is 4.90 Å². The van der Waals surface area contributed by atoms with E-state index in [9.17, 15) is 13.2 Å². The molecule has 0 radical (unpaired) electrons. The molecule has 4 nitrogen and oxygen atoms in total. The van der Waals surface area contributed by atoms with Gasteiger partial charge in [0.1, 0.15) is 5.75 Å². The fourth-order valence-electron chi connectivity index (χ4n) is 1.97. The summed E-state index contributed by atoms with van der Waals surface area (Å²) in [5.74, 6) is -1.13. The van der Waals surface area contributed by atoms with E-state index in [0.29, 0.717) is 10.2 Å². The number of carbonyl (C=O) groups excluding carboxylic acids is 1. The van der Waals surface area contributed by atoms with Crippen molar-refractivity contribution in [3.8, 4) is 0 Å². The Balaban J connectivity index is 2.16. The smallest absolute Gasteiger partial charge is 0.239 e. The number of hydrogen-bond acceptors (Lipinski definition) is 3. The first-order valence-electron chi connectivity index (χ1n) is 6.63. The van der Waals surface area contributed by atoms with Crippen LogP contribution in [0.2, 0.25) is 0 Å². The lowest BCUT2D eigenvalue weighted by Gasteiger charge is -2.10. The summed E-state index contributed by atoms with van der Waals surface area (Å²) in [5.41, 5.74) is 2.52. The molecule has 2 aromatic carbocycles. The molecule has 0 atom stereocenters. The Hall–Kier alpha value is -1.66. The molecule has 0 aliphatic carbocycles. The largest absolute Gasteiger partial charge is 0.325 e. The standard InChI is InChI=1S/C16H16BrNO3S/c1-11-6-7-12(2)15(8-11)18-16(19)10-22(20,21)14-5-3-4-13(17)9-14/h3-9H,10H2,1-2H3,(H,18,19). The van der Waals surface area contributed by atoms with Crippen molar-refractivity contribution in [1.82, 2.24) is 0 Å². The number of rotatable bonds is 4. The highest BCUT2D eigenvalue weighted by atomic mass is 79.9. The minimum atomic E-state index is -3.67. The Morgan fingerprint density at radius 2 is 1.86 bits per heavy atom. The maximum Gasteiger partial charge on any atom is 0.239 e. The van der Waals surface area contributed by atoms with Gasteiger partial charge in [-0.05, 0) is 49.2 Å². The van der Waals surface area contributed by atoms with Crippen LogP contribution in [0.1, 0.15) is 11.1 Å². The molecule has 0 spiro atoms. The molecule has 6 heteroatoms. The molecule has 0 aliphatic heterocycles. The van der Waals surface area contributed by atoms with Crippen molar-refractivity contribution in [3.05, 3.63) is 58.1 Å². The SMILES string of the molecule is Cc1ccc(C)c(NC(=O)CS(=O)(=O)c2cccc(Br)c2)c1. The number of carbonyl (C=O) groups is 1. The fraction of sp³-hybridized carbons (Fsp3) is 0.188. The molecule has 0 saturated heterocycles. The van der Waals surface area contributed by atoms with Gasteiger partial charge in [-0.2, -0.15) is 0 Å². The fourth-order valence-corrected chi connectivity index (χ4v) is 3.70. The summed E-state index contributed by atoms with van der Waals surface area (Å²) < 4.78 is 25.2. The van der Waals surface area contributed by atoms with Crippen LogP contribution in [0.5, 0.6) is 0 Å². The summed E-state index contributed by atoms with van der Waals surface area (Å²) in [6.45, 7) is 3.77. The monoisotopic (exact) mass is 381 g/mol. The summed E-state index contributed by atoms with van der Waals surface area (Å²) in [5, 5.41) is 2.66. The number of amides is 1. The quantitative estimate of drug-likeness (QED) is 0.881. The molecule has 22 heavy (non-hydrogen) atoms. The first kappa shape index (κ1) is 16.7. The first-order chi connectivity index (χ1) is 10.3. The zero-order valence-electron chi connectivity index (χ0n) is 12.3. The van der Waals surface area contributed by atoms with Gasteiger partial charge in [-0.3, -0.25) is 4.79 Å². The van der Waals surface area contributed by atoms with Gasteiger partial charge in [0.15, 0.2) is 9.84 Å². The molecule has 1 amide bonds. The van der Waals surface area contributed by atoms with Crippen molar-refractivity contribution in [2.24, 2.45) is 0 Å². The summed E-state index contributed by atoms with van der Waals surface area (Å²) >= 11 is 3.23. The molecule has 0 heterocycles. The summed E-state index contributed by atoms with van der Waals surface area (Å²) in [4.78, 5) is 12.2. The van der Waals surface area contributed by atoms with E-state index >= 15 is 0 Å². The van der Waals surface area contributed by atoms with E-state index in [2.05, 4.69) is 21.2 Å². The Kier molecular flexibility index (Phi) is 5.03. The molecule has 116 valence electrons. The molecule has 0 fully saturated rings. The van der Waals surface area contributed by atoms with Crippen LogP contribution in [-0.4, -0.2) is 20.1 Å². The van der Waals surface area contributed by atoms with Crippen molar-refractivity contribution < 1.29 is 13.2 Å². The van der Waals surface area contributed by atoms with Crippen LogP contribution in [0.15, 0.2) is 51.8 Å². The molecule has 2 rings (SSSR count). The summed E-state index contributed by atoms with van der Waals surface area (Å²) in [7, 11) is -3.67. The lowest BCUT2D eigenvalue weighted by Crippen LogP contribution is -2.23. The molecule has 2 aromatic rings. The Labute approximate surface area is 138 Å². The van der Waals surface area contributed by atoms with Gasteiger partial charge in [0.05, 0.1) is 4.90 Å². The van der Waals surface area contributed by atoms with E-state index in [0.717, 1.165) is 11.1 Å². The molecule has 0 aliphatic rings. The zero-order chi connectivity index (χ0) is 16.3. The van der Waals surface area contributed by atoms with Crippen LogP contribution in [0, 0.1) is 13.8 Å². The second kappa shape index (κ2) is 6.62. The number of aryl methyl sites for hydroxylation is 2. The first-order valence-corrected chi connectivity index (χ1v) is 9.08. The predicted octanol–water partition coefficient (Wildman–Crippen LogP) is 3.48. The lowest BCUT2D eigenvalue weighted by atomic mass is 10.1. The van der Waals surface area contributed by atoms with Crippen molar-refractivity contribution in [1.29, 1.82) is 0 Å². The van der Waals surface area contributed by atoms with Crippen LogP contribution in [0.3, 0.4) is 0 Å². The molecule has 1 N–H and O–H groups in total. The minimum absolute atomic E-state index is 0.123. The van der Waals surface area contributed by atoms with Crippen LogP contribution in [0.25, 0.3) is 0 Å². The highest BCUT2D eigenvalue weighted by molar-refractivity contribution is 9.10. The van der Waals surface area contributed by atoms with Crippen LogP contribution >= 0.6 is 15.9 Å². The Bertz CT molecular complexity index is 816. The zero-order valence-corrected chi connectivity index (χ0v) is 14.7. The molecular formula is C16H16BrNO3S. The lowest BCUT2D eigenvalue weighted by molar-refractivity contribution is -0.113. The van der Waals surface area contributed by atoms with Crippen LogP contribution in [-0.2, 0) is 14.6 Å². The van der Waals surface area contributed by atoms with Gasteiger partial charge in [-0.1, -0.05) is 34.1 Å². The second-order valence-electron chi connectivity index (χ2n) is 5.08. The molecule has 0 aromatic heterocycles. The van der Waals surface area contributed by atoms with Gasteiger partial charge in [-0.15, -0.1) is 0 Å². The van der Waals surface area contributed by atoms with Crippen LogP contribution < -0.4 is 5.32 Å². The normalized spacial score (nSPS) is 11.2. The summed E-state index contributed by atoms with van der Waals surface area (Å²) in [6, 6.07) is 12.0. The van der Waals surface area contributed by atoms with Gasteiger partial charge >= 0.3 is 0 Å². The maximum absolute atomic E-state index is 12.3. The van der Waals surface area contributed by atoms with E-state index in [1.807, 2.05) is 32.0 Å². The topological polar surface area (TPSA) is 63.2 Å². The number of anilines is 1. The third kappa shape index (κ3) is 4.18. The van der Waals surface area contributed by atoms with Gasteiger partial charge in [0.25, 0.3) is 0 Å². The predicted molar refractivity (Wildman–Crippen MR) is 90.7 cm³/mol. The van der Waals surface area contributed by atoms with Crippen LogP contribution in [0.4, 0.5) is 5.69 Å². The van der Waals surface area contributed by atoms with Crippen molar-refractivity contribution >= 4 is 37.4 Å². The average Bonchev–Trinajstić information content (AvgIpc) is 2.42. The second-order valence-corrected chi connectivity index (χ2v) is 7.99. The number of benzene rings is 2. The van der Waals surface area contributed by atoms with E-state index in [4.69, 9.17) is 0 Å². The van der Waals surface area contributed by atoms with E-state index < -0.39 is 21.5 Å². The molecule has 0 unspecified atom stereocenters. The van der Waals surface area contributed by atoms with Gasteiger partial charge in [-0.25, -0.2) is 8.42 Å². The molecule has 0 saturated carbocycles. The highest BCUT2D eigenvalue weighted by Gasteiger charge is 2.20. The van der Waals surface area contributed by atoms with Gasteiger partial charge < -0.3 is 5.32 Å². The Morgan fingerprint density at radius 1 is 1.14 bits per heavy atom. The summed E-state index contributed by atoms with van der Waals surface area (Å²) in [6.07, 6.45) is 0. The minimum Gasteiger partial charge on any atom is -0.325 e. The Morgan fingerprint density at radius 3 is 2.55 bits per heavy atom. The highest BCUT2D eigenvalue weighted by Crippen LogP contribution is 2.19. The maximum atomic E-state index is 12.3. The number of sulfone groups is 1. The number of halogens is 1. The third-order valence-corrected chi connectivity index (χ3v) is 5.25. The van der Waals surface area contributed by atoms with Crippen molar-refractivity contribution in [2.75, 3.05) is 11.1 Å². The van der Waals surface area contributed by atoms with Crippen molar-refractivity contribution in [3.63, 3.8) is 0 Å². The van der Waals surface area contributed by atoms with Gasteiger partial charge in [0, 0.05) is 10.2 Å². The molecule has 0 bridgehead atoms.